The molecule has 8 rings (SSSR count). The first-order chi connectivity index (χ1) is 40.9. The molecule has 8 aromatic rings. The fraction of sp³-hybridized carbons (Fsp3) is 0.278. The number of rotatable bonds is 34. The van der Waals surface area contributed by atoms with E-state index in [1.54, 1.807) is 24.3 Å². The molecule has 84 heavy (non-hydrogen) atoms. The van der Waals surface area contributed by atoms with Crippen molar-refractivity contribution in [2.45, 2.75) is 103 Å². The first-order valence-corrected chi connectivity index (χ1v) is 29.1. The second-order valence-corrected chi connectivity index (χ2v) is 21.2. The Morgan fingerprint density at radius 2 is 0.619 bits per heavy atom. The van der Waals surface area contributed by atoms with Gasteiger partial charge in [0.05, 0.1) is 11.1 Å². The highest BCUT2D eigenvalue weighted by Gasteiger charge is 2.14. The molecule has 436 valence electrons. The molecule has 0 amide bonds. The molecule has 0 heterocycles. The van der Waals surface area contributed by atoms with Crippen molar-refractivity contribution in [1.29, 1.82) is 0 Å². The number of aryl methyl sites for hydroxylation is 4. The first-order valence-electron chi connectivity index (χ1n) is 29.1. The summed E-state index contributed by atoms with van der Waals surface area (Å²) in [6.07, 6.45) is 8.72. The van der Waals surface area contributed by atoms with Gasteiger partial charge < -0.3 is 29.9 Å². The molecule has 0 aliphatic heterocycles. The third-order valence-corrected chi connectivity index (χ3v) is 14.7. The molecule has 4 N–H and O–H groups in total. The maximum absolute atomic E-state index is 11.2. The lowest BCUT2D eigenvalue weighted by Crippen LogP contribution is -2.27. The van der Waals surface area contributed by atoms with E-state index in [0.29, 0.717) is 39.1 Å². The molecular formula is C72H78N2O10. The van der Waals surface area contributed by atoms with Gasteiger partial charge in [-0.2, -0.15) is 0 Å². The minimum absolute atomic E-state index is 0.159. The van der Waals surface area contributed by atoms with Crippen molar-refractivity contribution in [2.24, 2.45) is 0 Å². The van der Waals surface area contributed by atoms with Crippen LogP contribution in [0.2, 0.25) is 0 Å². The Hall–Kier alpha value is -8.84. The van der Waals surface area contributed by atoms with E-state index < -0.39 is 23.9 Å². The van der Waals surface area contributed by atoms with E-state index in [0.717, 1.165) is 122 Å². The molecule has 0 aliphatic rings. The summed E-state index contributed by atoms with van der Waals surface area (Å²) >= 11 is 0. The van der Waals surface area contributed by atoms with E-state index in [9.17, 15) is 29.4 Å². The van der Waals surface area contributed by atoms with E-state index in [1.807, 2.05) is 72.8 Å². The molecule has 12 nitrogen and oxygen atoms in total. The number of aromatic carboxylic acids is 2. The van der Waals surface area contributed by atoms with Crippen molar-refractivity contribution in [3.63, 3.8) is 0 Å². The van der Waals surface area contributed by atoms with Crippen LogP contribution in [0.4, 0.5) is 0 Å². The molecule has 12 heteroatoms. The number of unbranched alkanes of at least 4 members (excludes halogenated alkanes) is 2. The SMILES string of the molecule is O=C(O)CCCCN(CCc1ccccc1OCc1ccc(CCc2ccccc2)cc1)Cc1ccc(C(=O)O)cc1.O=C(O)CCCCN(CCc1ccccc1OCc1ccc(CCc2ccccc2)cc1)Cc1ccc(C(=O)O)cc1. The molecule has 0 aliphatic carbocycles. The average Bonchev–Trinajstić information content (AvgIpc) is 3.58. The van der Waals surface area contributed by atoms with Gasteiger partial charge in [0.25, 0.3) is 0 Å². The summed E-state index contributed by atoms with van der Waals surface area (Å²) in [5.41, 5.74) is 12.4. The topological polar surface area (TPSA) is 174 Å². The number of nitrogens with zero attached hydrogens (tertiary/aromatic N) is 2. The zero-order valence-electron chi connectivity index (χ0n) is 47.9. The predicted molar refractivity (Wildman–Crippen MR) is 330 cm³/mol. The second-order valence-electron chi connectivity index (χ2n) is 21.2. The molecule has 0 atom stereocenters. The fourth-order valence-electron chi connectivity index (χ4n) is 9.84. The van der Waals surface area contributed by atoms with Crippen LogP contribution in [0, 0.1) is 0 Å². The quantitative estimate of drug-likeness (QED) is 0.0282. The molecule has 0 fully saturated rings. The maximum atomic E-state index is 11.2. The smallest absolute Gasteiger partial charge is 0.335 e. The van der Waals surface area contributed by atoms with Gasteiger partial charge in [-0.25, -0.2) is 9.59 Å². The van der Waals surface area contributed by atoms with Crippen LogP contribution in [0.1, 0.15) is 115 Å². The number of hydrogen-bond acceptors (Lipinski definition) is 8. The van der Waals surface area contributed by atoms with E-state index >= 15 is 0 Å². The number of hydrogen-bond donors (Lipinski definition) is 4. The van der Waals surface area contributed by atoms with Crippen molar-refractivity contribution in [2.75, 3.05) is 26.2 Å². The highest BCUT2D eigenvalue weighted by Crippen LogP contribution is 2.24. The first kappa shape index (κ1) is 62.8. The van der Waals surface area contributed by atoms with Crippen LogP contribution >= 0.6 is 0 Å². The lowest BCUT2D eigenvalue weighted by molar-refractivity contribution is -0.138. The van der Waals surface area contributed by atoms with Gasteiger partial charge in [-0.1, -0.05) is 170 Å². The van der Waals surface area contributed by atoms with Gasteiger partial charge in [-0.15, -0.1) is 0 Å². The molecule has 0 aromatic heterocycles. The Labute approximate surface area is 494 Å². The second kappa shape index (κ2) is 34.6. The molecule has 0 spiro atoms. The summed E-state index contributed by atoms with van der Waals surface area (Å²) < 4.78 is 12.5. The Morgan fingerprint density at radius 3 is 0.964 bits per heavy atom. The maximum Gasteiger partial charge on any atom is 0.335 e. The molecule has 0 saturated carbocycles. The van der Waals surface area contributed by atoms with Gasteiger partial charge in [0.1, 0.15) is 24.7 Å². The number of ether oxygens (including phenoxy) is 2. The summed E-state index contributed by atoms with van der Waals surface area (Å²) in [5, 5.41) is 36.4. The van der Waals surface area contributed by atoms with Gasteiger partial charge in [-0.05, 0) is 169 Å². The van der Waals surface area contributed by atoms with Crippen molar-refractivity contribution in [3.8, 4) is 11.5 Å². The summed E-state index contributed by atoms with van der Waals surface area (Å²) in [5.74, 6) is -1.72. The molecule has 0 radical (unpaired) electrons. The summed E-state index contributed by atoms with van der Waals surface area (Å²) in [7, 11) is 0. The minimum Gasteiger partial charge on any atom is -0.489 e. The van der Waals surface area contributed by atoms with Crippen LogP contribution in [0.3, 0.4) is 0 Å². The van der Waals surface area contributed by atoms with Gasteiger partial charge in [0.2, 0.25) is 0 Å². The van der Waals surface area contributed by atoms with E-state index in [-0.39, 0.29) is 24.0 Å². The lowest BCUT2D eigenvalue weighted by atomic mass is 10.0. The van der Waals surface area contributed by atoms with E-state index in [2.05, 4.69) is 119 Å². The summed E-state index contributed by atoms with van der Waals surface area (Å²) in [6.45, 7) is 5.35. The monoisotopic (exact) mass is 1130 g/mol. The summed E-state index contributed by atoms with van der Waals surface area (Å²) in [4.78, 5) is 48.9. The predicted octanol–water partition coefficient (Wildman–Crippen LogP) is 14.1. The molecule has 0 saturated heterocycles. The number of para-hydroxylation sites is 2. The number of carbonyl (C=O) groups is 4. The summed E-state index contributed by atoms with van der Waals surface area (Å²) in [6, 6.07) is 68.4. The van der Waals surface area contributed by atoms with Crippen molar-refractivity contribution in [3.05, 3.63) is 273 Å². The highest BCUT2D eigenvalue weighted by atomic mass is 16.5. The van der Waals surface area contributed by atoms with E-state index in [1.165, 1.54) is 22.3 Å². The van der Waals surface area contributed by atoms with Crippen molar-refractivity contribution >= 4 is 23.9 Å². The number of aliphatic carboxylic acids is 2. The Bertz CT molecular complexity index is 3020. The highest BCUT2D eigenvalue weighted by molar-refractivity contribution is 5.88. The third-order valence-electron chi connectivity index (χ3n) is 14.7. The number of carboxylic acid groups (broad SMARTS) is 4. The minimum atomic E-state index is -0.942. The van der Waals surface area contributed by atoms with Gasteiger partial charge in [-0.3, -0.25) is 19.4 Å². The number of benzene rings is 8. The third kappa shape index (κ3) is 22.8. The largest absolute Gasteiger partial charge is 0.489 e. The van der Waals surface area contributed by atoms with Crippen LogP contribution in [0.15, 0.2) is 206 Å². The van der Waals surface area contributed by atoms with Crippen LogP contribution in [-0.2, 0) is 74.4 Å². The van der Waals surface area contributed by atoms with Gasteiger partial charge in [0, 0.05) is 39.0 Å². The van der Waals surface area contributed by atoms with Crippen molar-refractivity contribution in [1.82, 2.24) is 9.80 Å². The van der Waals surface area contributed by atoms with Crippen LogP contribution in [0.5, 0.6) is 11.5 Å². The Balaban J connectivity index is 0.000000241. The molecule has 0 unspecified atom stereocenters. The van der Waals surface area contributed by atoms with Crippen LogP contribution in [0.25, 0.3) is 0 Å². The van der Waals surface area contributed by atoms with Crippen LogP contribution in [-0.4, -0.2) is 80.3 Å². The normalized spacial score (nSPS) is 11.0. The van der Waals surface area contributed by atoms with Gasteiger partial charge >= 0.3 is 23.9 Å². The number of carboxylic acids is 4. The Morgan fingerprint density at radius 1 is 0.310 bits per heavy atom. The standard InChI is InChI=1S/2C36H39NO5/c2*38-35(39)12-6-7-24-37(26-30-19-21-33(22-20-30)36(40)41)25-23-32-10-4-5-11-34(32)42-27-31-17-15-29(16-18-31)14-13-28-8-2-1-3-9-28/h2*1-5,8-11,15-22H,6-7,12-14,23-27H2,(H,38,39)(H,40,41). The van der Waals surface area contributed by atoms with Crippen LogP contribution < -0.4 is 9.47 Å². The van der Waals surface area contributed by atoms with E-state index in [4.69, 9.17) is 19.7 Å². The molecular weight excluding hydrogens is 1050 g/mol. The zero-order valence-corrected chi connectivity index (χ0v) is 47.9. The fourth-order valence-corrected chi connectivity index (χ4v) is 9.84. The molecule has 8 aromatic carbocycles. The Kier molecular flexibility index (Phi) is 25.8. The zero-order chi connectivity index (χ0) is 59.1. The van der Waals surface area contributed by atoms with Gasteiger partial charge in [0.15, 0.2) is 0 Å². The molecule has 0 bridgehead atoms. The lowest BCUT2D eigenvalue weighted by Gasteiger charge is -2.23. The average molecular weight is 1130 g/mol. The van der Waals surface area contributed by atoms with Crippen molar-refractivity contribution < 1.29 is 49.1 Å².